The number of amides is 1. The van der Waals surface area contributed by atoms with Crippen molar-refractivity contribution in [3.8, 4) is 0 Å². The van der Waals surface area contributed by atoms with Crippen LogP contribution in [0.25, 0.3) is 0 Å². The van der Waals surface area contributed by atoms with Crippen LogP contribution in [0.2, 0.25) is 0 Å². The molecule has 1 saturated heterocycles. The molecule has 0 bridgehead atoms. The van der Waals surface area contributed by atoms with Gasteiger partial charge in [0.15, 0.2) is 0 Å². The average molecular weight is 512 g/mol. The largest absolute Gasteiger partial charge is 0.379 e. The van der Waals surface area contributed by atoms with Crippen LogP contribution in [0.15, 0.2) is 41.8 Å². The number of benzene rings is 1. The maximum atomic E-state index is 13.4. The Bertz CT molecular complexity index is 978. The fraction of sp³-hybridized carbons (Fsp3) is 0.542. The summed E-state index contributed by atoms with van der Waals surface area (Å²) in [6, 6.07) is 9.91. The number of ether oxygens (including phenoxy) is 1. The van der Waals surface area contributed by atoms with Crippen LogP contribution in [0, 0.1) is 5.82 Å². The molecule has 34 heavy (non-hydrogen) atoms. The number of hydrogen-bond donors (Lipinski definition) is 0. The maximum absolute atomic E-state index is 13.4. The predicted molar refractivity (Wildman–Crippen MR) is 132 cm³/mol. The minimum absolute atomic E-state index is 0.0305. The molecular weight excluding hydrogens is 477 g/mol. The topological polar surface area (TPSA) is 70.2 Å². The third kappa shape index (κ3) is 8.42. The molecule has 1 fully saturated rings. The molecule has 0 radical (unpaired) electrons. The van der Waals surface area contributed by atoms with Crippen molar-refractivity contribution in [1.82, 2.24) is 14.1 Å². The Balaban J connectivity index is 1.74. The molecule has 1 aliphatic heterocycles. The van der Waals surface area contributed by atoms with Gasteiger partial charge < -0.3 is 9.64 Å². The van der Waals surface area contributed by atoms with E-state index in [0.717, 1.165) is 30.0 Å². The standard InChI is InChI=1S/C24H34FN3O4S2/c1-2-3-17-34(30,31)28(11-10-26-12-14-32-15-13-26)20-24(29)27(19-23-5-4-16-33-23)18-21-6-8-22(25)9-7-21/h4-9,16H,2-3,10-15,17-20H2,1H3. The van der Waals surface area contributed by atoms with Gasteiger partial charge in [0.2, 0.25) is 15.9 Å². The van der Waals surface area contributed by atoms with Crippen molar-refractivity contribution in [3.63, 3.8) is 0 Å². The zero-order valence-corrected chi connectivity index (χ0v) is 21.3. The number of hydrogen-bond acceptors (Lipinski definition) is 6. The molecule has 10 heteroatoms. The summed E-state index contributed by atoms with van der Waals surface area (Å²) in [4.78, 5) is 18.3. The van der Waals surface area contributed by atoms with E-state index in [0.29, 0.717) is 32.7 Å². The smallest absolute Gasteiger partial charge is 0.238 e. The lowest BCUT2D eigenvalue weighted by Gasteiger charge is -2.31. The van der Waals surface area contributed by atoms with Gasteiger partial charge in [-0.15, -0.1) is 11.3 Å². The Kier molecular flexibility index (Phi) is 10.5. The van der Waals surface area contributed by atoms with E-state index >= 15 is 0 Å². The highest BCUT2D eigenvalue weighted by atomic mass is 32.2. The van der Waals surface area contributed by atoms with Crippen molar-refractivity contribution in [3.05, 3.63) is 58.0 Å². The van der Waals surface area contributed by atoms with Gasteiger partial charge >= 0.3 is 0 Å². The number of rotatable bonds is 13. The fourth-order valence-electron chi connectivity index (χ4n) is 3.73. The van der Waals surface area contributed by atoms with E-state index in [1.165, 1.54) is 16.4 Å². The lowest BCUT2D eigenvalue weighted by atomic mass is 10.2. The summed E-state index contributed by atoms with van der Waals surface area (Å²) < 4.78 is 46.3. The number of thiophene rings is 1. The molecule has 1 aromatic heterocycles. The first kappa shape index (κ1) is 26.7. The highest BCUT2D eigenvalue weighted by Crippen LogP contribution is 2.17. The van der Waals surface area contributed by atoms with Crippen molar-refractivity contribution < 1.29 is 22.3 Å². The normalized spacial score (nSPS) is 15.0. The Hall–Kier alpha value is -1.85. The lowest BCUT2D eigenvalue weighted by molar-refractivity contribution is -0.132. The molecule has 7 nitrogen and oxygen atoms in total. The highest BCUT2D eigenvalue weighted by molar-refractivity contribution is 7.89. The van der Waals surface area contributed by atoms with Gasteiger partial charge in [-0.1, -0.05) is 31.5 Å². The van der Waals surface area contributed by atoms with E-state index < -0.39 is 10.0 Å². The quantitative estimate of drug-likeness (QED) is 0.413. The SMILES string of the molecule is CCCCS(=O)(=O)N(CCN1CCOCC1)CC(=O)N(Cc1ccc(F)cc1)Cc1cccs1. The molecule has 1 aromatic carbocycles. The summed E-state index contributed by atoms with van der Waals surface area (Å²) in [5.74, 6) is -0.570. The van der Waals surface area contributed by atoms with Gasteiger partial charge in [-0.2, -0.15) is 4.31 Å². The molecule has 188 valence electrons. The van der Waals surface area contributed by atoms with Crippen molar-refractivity contribution in [2.24, 2.45) is 0 Å². The first-order valence-electron chi connectivity index (χ1n) is 11.7. The van der Waals surface area contributed by atoms with Crippen LogP contribution < -0.4 is 0 Å². The monoisotopic (exact) mass is 511 g/mol. The second-order valence-electron chi connectivity index (χ2n) is 8.41. The number of sulfonamides is 1. The second kappa shape index (κ2) is 13.3. The maximum Gasteiger partial charge on any atom is 0.238 e. The summed E-state index contributed by atoms with van der Waals surface area (Å²) in [5.41, 5.74) is 0.792. The molecule has 1 amide bonds. The molecule has 0 aliphatic carbocycles. The molecule has 0 atom stereocenters. The van der Waals surface area contributed by atoms with Gasteiger partial charge in [-0.3, -0.25) is 9.69 Å². The molecule has 0 N–H and O–H groups in total. The number of carbonyl (C=O) groups excluding carboxylic acids is 1. The molecule has 1 aliphatic rings. The molecule has 3 rings (SSSR count). The van der Waals surface area contributed by atoms with Gasteiger partial charge in [-0.05, 0) is 35.6 Å². The minimum Gasteiger partial charge on any atom is -0.379 e. The summed E-state index contributed by atoms with van der Waals surface area (Å²) in [6.07, 6.45) is 1.32. The van der Waals surface area contributed by atoms with Crippen LogP contribution in [0.3, 0.4) is 0 Å². The fourth-order valence-corrected chi connectivity index (χ4v) is 6.03. The minimum atomic E-state index is -3.57. The number of nitrogens with zero attached hydrogens (tertiary/aromatic N) is 3. The molecule has 0 spiro atoms. The number of carbonyl (C=O) groups is 1. The zero-order valence-electron chi connectivity index (χ0n) is 19.7. The molecule has 2 heterocycles. The third-order valence-corrected chi connectivity index (χ3v) is 8.56. The summed E-state index contributed by atoms with van der Waals surface area (Å²) in [5, 5.41) is 1.94. The van der Waals surface area contributed by atoms with Crippen molar-refractivity contribution in [2.45, 2.75) is 32.9 Å². The summed E-state index contributed by atoms with van der Waals surface area (Å²) in [6.45, 7) is 6.00. The lowest BCUT2D eigenvalue weighted by Crippen LogP contribution is -2.47. The predicted octanol–water partition coefficient (Wildman–Crippen LogP) is 3.18. The molecular formula is C24H34FN3O4S2. The van der Waals surface area contributed by atoms with E-state index in [9.17, 15) is 17.6 Å². The van der Waals surface area contributed by atoms with E-state index in [1.807, 2.05) is 24.4 Å². The van der Waals surface area contributed by atoms with Crippen molar-refractivity contribution >= 4 is 27.3 Å². The van der Waals surface area contributed by atoms with E-state index in [2.05, 4.69) is 4.90 Å². The number of unbranched alkanes of at least 4 members (excludes halogenated alkanes) is 1. The zero-order chi connectivity index (χ0) is 24.4. The van der Waals surface area contributed by atoms with E-state index in [1.54, 1.807) is 28.4 Å². The van der Waals surface area contributed by atoms with Crippen molar-refractivity contribution in [2.75, 3.05) is 51.7 Å². The molecule has 0 unspecified atom stereocenters. The Morgan fingerprint density at radius 1 is 1.15 bits per heavy atom. The molecule has 2 aromatic rings. The van der Waals surface area contributed by atoms with Crippen LogP contribution >= 0.6 is 11.3 Å². The summed E-state index contributed by atoms with van der Waals surface area (Å²) >= 11 is 1.54. The Morgan fingerprint density at radius 3 is 2.53 bits per heavy atom. The summed E-state index contributed by atoms with van der Waals surface area (Å²) in [7, 11) is -3.57. The second-order valence-corrected chi connectivity index (χ2v) is 11.5. The van der Waals surface area contributed by atoms with Gasteiger partial charge in [0.25, 0.3) is 0 Å². The van der Waals surface area contributed by atoms with Crippen LogP contribution in [0.5, 0.6) is 0 Å². The van der Waals surface area contributed by atoms with Crippen LogP contribution in [0.1, 0.15) is 30.2 Å². The van der Waals surface area contributed by atoms with Gasteiger partial charge in [0, 0.05) is 37.6 Å². The van der Waals surface area contributed by atoms with E-state index in [4.69, 9.17) is 4.74 Å². The van der Waals surface area contributed by atoms with E-state index in [-0.39, 0.29) is 37.1 Å². The number of halogens is 1. The highest BCUT2D eigenvalue weighted by Gasteiger charge is 2.27. The Morgan fingerprint density at radius 2 is 1.88 bits per heavy atom. The van der Waals surface area contributed by atoms with Crippen LogP contribution in [0.4, 0.5) is 4.39 Å². The van der Waals surface area contributed by atoms with Crippen molar-refractivity contribution in [1.29, 1.82) is 0 Å². The average Bonchev–Trinajstić information content (AvgIpc) is 3.35. The Labute approximate surface area is 206 Å². The first-order chi connectivity index (χ1) is 16.4. The third-order valence-electron chi connectivity index (χ3n) is 5.80. The van der Waals surface area contributed by atoms with Gasteiger partial charge in [0.1, 0.15) is 5.82 Å². The van der Waals surface area contributed by atoms with Crippen LogP contribution in [-0.2, 0) is 32.6 Å². The molecule has 0 saturated carbocycles. The van der Waals surface area contributed by atoms with Gasteiger partial charge in [0.05, 0.1) is 32.1 Å². The van der Waals surface area contributed by atoms with Crippen LogP contribution in [-0.4, -0.2) is 80.1 Å². The number of morpholine rings is 1. The first-order valence-corrected chi connectivity index (χ1v) is 14.2. The van der Waals surface area contributed by atoms with Gasteiger partial charge in [-0.25, -0.2) is 12.8 Å².